The maximum Gasteiger partial charge on any atom is 0.253 e. The molecular weight excluding hydrogens is 343 g/mol. The van der Waals surface area contributed by atoms with Gasteiger partial charge in [0.2, 0.25) is 5.91 Å². The molecule has 2 aliphatic heterocycles. The Morgan fingerprint density at radius 3 is 2.26 bits per heavy atom. The van der Waals surface area contributed by atoms with Gasteiger partial charge in [-0.15, -0.1) is 0 Å². The summed E-state index contributed by atoms with van der Waals surface area (Å²) in [6, 6.07) is 15.9. The van der Waals surface area contributed by atoms with Crippen LogP contribution in [0.5, 0.6) is 0 Å². The van der Waals surface area contributed by atoms with Gasteiger partial charge < -0.3 is 9.80 Å². The minimum Gasteiger partial charge on any atom is -0.339 e. The van der Waals surface area contributed by atoms with Crippen molar-refractivity contribution in [1.29, 1.82) is 0 Å². The number of carbonyl (C=O) groups is 2. The number of rotatable bonds is 3. The highest BCUT2D eigenvalue weighted by molar-refractivity contribution is 5.94. The normalized spacial score (nSPS) is 18.9. The lowest BCUT2D eigenvalue weighted by molar-refractivity contribution is -0.138. The van der Waals surface area contributed by atoms with Crippen LogP contribution in [-0.4, -0.2) is 41.2 Å². The molecule has 2 saturated heterocycles. The number of carbonyl (C=O) groups excluding carboxylic acids is 2. The van der Waals surface area contributed by atoms with E-state index in [-0.39, 0.29) is 17.6 Å². The number of hydrogen-bond donors (Lipinski definition) is 0. The average molecular weight is 366 g/mol. The standard InChI is InChI=1S/C22H23FN2O2/c23-19-9-5-4-8-18(19)16-25-15-12-22(21(25)27)10-13-24(14-11-22)20(26)17-6-2-1-3-7-17/h1-9H,10-16H2. The van der Waals surface area contributed by atoms with Crippen LogP contribution in [0.1, 0.15) is 35.2 Å². The Hall–Kier alpha value is -2.69. The Balaban J connectivity index is 1.40. The summed E-state index contributed by atoms with van der Waals surface area (Å²) in [6.45, 7) is 2.15. The van der Waals surface area contributed by atoms with E-state index in [9.17, 15) is 14.0 Å². The molecule has 0 aromatic heterocycles. The molecule has 2 aromatic carbocycles. The Kier molecular flexibility index (Phi) is 4.68. The molecule has 2 aromatic rings. The Labute approximate surface area is 158 Å². The fourth-order valence-electron chi connectivity index (χ4n) is 4.24. The van der Waals surface area contributed by atoms with Crippen molar-refractivity contribution in [2.45, 2.75) is 25.8 Å². The fraction of sp³-hybridized carbons (Fsp3) is 0.364. The molecule has 5 heteroatoms. The maximum absolute atomic E-state index is 13.9. The van der Waals surface area contributed by atoms with Crippen LogP contribution in [0, 0.1) is 11.2 Å². The van der Waals surface area contributed by atoms with Crippen molar-refractivity contribution in [3.8, 4) is 0 Å². The van der Waals surface area contributed by atoms with Crippen molar-refractivity contribution in [2.24, 2.45) is 5.41 Å². The van der Waals surface area contributed by atoms with Gasteiger partial charge in [-0.1, -0.05) is 36.4 Å². The van der Waals surface area contributed by atoms with Crippen LogP contribution in [0.25, 0.3) is 0 Å². The predicted octanol–water partition coefficient (Wildman–Crippen LogP) is 3.48. The predicted molar refractivity (Wildman–Crippen MR) is 100 cm³/mol. The molecule has 27 heavy (non-hydrogen) atoms. The third-order valence-electron chi connectivity index (χ3n) is 5.95. The van der Waals surface area contributed by atoms with E-state index in [1.165, 1.54) is 6.07 Å². The van der Waals surface area contributed by atoms with Crippen molar-refractivity contribution in [3.63, 3.8) is 0 Å². The van der Waals surface area contributed by atoms with Gasteiger partial charge in [-0.2, -0.15) is 0 Å². The molecular formula is C22H23FN2O2. The van der Waals surface area contributed by atoms with Crippen molar-refractivity contribution >= 4 is 11.8 Å². The SMILES string of the molecule is O=C(c1ccccc1)N1CCC2(CC1)CCN(Cc1ccccc1F)C2=O. The van der Waals surface area contributed by atoms with E-state index in [4.69, 9.17) is 0 Å². The molecule has 140 valence electrons. The number of likely N-dealkylation sites (tertiary alicyclic amines) is 2. The third-order valence-corrected chi connectivity index (χ3v) is 5.95. The monoisotopic (exact) mass is 366 g/mol. The first-order chi connectivity index (χ1) is 13.1. The van der Waals surface area contributed by atoms with Crippen LogP contribution < -0.4 is 0 Å². The lowest BCUT2D eigenvalue weighted by Gasteiger charge is -2.38. The van der Waals surface area contributed by atoms with Gasteiger partial charge in [-0.25, -0.2) is 4.39 Å². The van der Waals surface area contributed by atoms with Crippen LogP contribution >= 0.6 is 0 Å². The number of piperidine rings is 1. The van der Waals surface area contributed by atoms with Crippen LogP contribution in [0.15, 0.2) is 54.6 Å². The summed E-state index contributed by atoms with van der Waals surface area (Å²) >= 11 is 0. The van der Waals surface area contributed by atoms with Crippen LogP contribution in [0.3, 0.4) is 0 Å². The van der Waals surface area contributed by atoms with Crippen molar-refractivity contribution in [1.82, 2.24) is 9.80 Å². The molecule has 0 bridgehead atoms. The average Bonchev–Trinajstić information content (AvgIpc) is 3.00. The highest BCUT2D eigenvalue weighted by atomic mass is 19.1. The second-order valence-electron chi connectivity index (χ2n) is 7.51. The maximum atomic E-state index is 13.9. The second-order valence-corrected chi connectivity index (χ2v) is 7.51. The fourth-order valence-corrected chi connectivity index (χ4v) is 4.24. The third kappa shape index (κ3) is 3.34. The minimum atomic E-state index is -0.390. The van der Waals surface area contributed by atoms with E-state index in [1.807, 2.05) is 35.2 Å². The van der Waals surface area contributed by atoms with Crippen molar-refractivity contribution in [2.75, 3.05) is 19.6 Å². The molecule has 4 rings (SSSR count). The molecule has 0 radical (unpaired) electrons. The lowest BCUT2D eigenvalue weighted by Crippen LogP contribution is -2.46. The molecule has 4 nitrogen and oxygen atoms in total. The van der Waals surface area contributed by atoms with Gasteiger partial charge >= 0.3 is 0 Å². The van der Waals surface area contributed by atoms with Gasteiger partial charge in [0.15, 0.2) is 0 Å². The highest BCUT2D eigenvalue weighted by Crippen LogP contribution is 2.42. The van der Waals surface area contributed by atoms with E-state index < -0.39 is 5.41 Å². The number of hydrogen-bond acceptors (Lipinski definition) is 2. The quantitative estimate of drug-likeness (QED) is 0.834. The zero-order valence-corrected chi connectivity index (χ0v) is 15.2. The summed E-state index contributed by atoms with van der Waals surface area (Å²) in [5.74, 6) is -0.133. The number of nitrogens with zero attached hydrogens (tertiary/aromatic N) is 2. The smallest absolute Gasteiger partial charge is 0.253 e. The largest absolute Gasteiger partial charge is 0.339 e. The van der Waals surface area contributed by atoms with Crippen LogP contribution in [0.2, 0.25) is 0 Å². The number of amides is 2. The summed E-state index contributed by atoms with van der Waals surface area (Å²) in [6.07, 6.45) is 2.14. The Morgan fingerprint density at radius 1 is 0.926 bits per heavy atom. The first-order valence-electron chi connectivity index (χ1n) is 9.46. The summed E-state index contributed by atoms with van der Waals surface area (Å²) in [4.78, 5) is 29.3. The summed E-state index contributed by atoms with van der Waals surface area (Å²) in [5.41, 5.74) is 0.852. The second kappa shape index (κ2) is 7.14. The zero-order chi connectivity index (χ0) is 18.9. The number of halogens is 1. The molecule has 0 atom stereocenters. The van der Waals surface area contributed by atoms with Gasteiger partial charge in [0.25, 0.3) is 5.91 Å². The zero-order valence-electron chi connectivity index (χ0n) is 15.2. The van der Waals surface area contributed by atoms with E-state index in [1.54, 1.807) is 23.1 Å². The molecule has 2 heterocycles. The Bertz CT molecular complexity index is 844. The van der Waals surface area contributed by atoms with Gasteiger partial charge in [-0.05, 0) is 37.5 Å². The first kappa shape index (κ1) is 17.7. The summed E-state index contributed by atoms with van der Waals surface area (Å²) in [7, 11) is 0. The van der Waals surface area contributed by atoms with Gasteiger partial charge in [0.1, 0.15) is 5.82 Å². The van der Waals surface area contributed by atoms with E-state index in [0.717, 1.165) is 6.42 Å². The van der Waals surface area contributed by atoms with Crippen molar-refractivity contribution < 1.29 is 14.0 Å². The van der Waals surface area contributed by atoms with E-state index >= 15 is 0 Å². The molecule has 2 amide bonds. The molecule has 1 spiro atoms. The van der Waals surface area contributed by atoms with E-state index in [0.29, 0.717) is 50.1 Å². The van der Waals surface area contributed by atoms with Crippen molar-refractivity contribution in [3.05, 3.63) is 71.5 Å². The van der Waals surface area contributed by atoms with Crippen LogP contribution in [-0.2, 0) is 11.3 Å². The molecule has 0 aliphatic carbocycles. The molecule has 0 N–H and O–H groups in total. The summed E-state index contributed by atoms with van der Waals surface area (Å²) < 4.78 is 13.9. The van der Waals surface area contributed by atoms with Crippen LogP contribution in [0.4, 0.5) is 4.39 Å². The molecule has 0 unspecified atom stereocenters. The molecule has 2 fully saturated rings. The number of benzene rings is 2. The molecule has 2 aliphatic rings. The van der Waals surface area contributed by atoms with E-state index in [2.05, 4.69) is 0 Å². The topological polar surface area (TPSA) is 40.6 Å². The first-order valence-corrected chi connectivity index (χ1v) is 9.46. The van der Waals surface area contributed by atoms with Gasteiger partial charge in [-0.3, -0.25) is 9.59 Å². The Morgan fingerprint density at radius 2 is 1.56 bits per heavy atom. The molecule has 0 saturated carbocycles. The highest BCUT2D eigenvalue weighted by Gasteiger charge is 2.48. The minimum absolute atomic E-state index is 0.0270. The lowest BCUT2D eigenvalue weighted by atomic mass is 9.77. The summed E-state index contributed by atoms with van der Waals surface area (Å²) in [5, 5.41) is 0. The van der Waals surface area contributed by atoms with Gasteiger partial charge in [0, 0.05) is 37.3 Å². The van der Waals surface area contributed by atoms with Gasteiger partial charge in [0.05, 0.1) is 5.41 Å².